The molecule has 0 spiro atoms. The van der Waals surface area contributed by atoms with E-state index in [1.165, 1.54) is 24.3 Å². The molecule has 7 nitrogen and oxygen atoms in total. The van der Waals surface area contributed by atoms with Gasteiger partial charge < -0.3 is 10.6 Å². The van der Waals surface area contributed by atoms with Crippen molar-refractivity contribution >= 4 is 55.9 Å². The van der Waals surface area contributed by atoms with Crippen LogP contribution in [0.25, 0.3) is 10.9 Å². The third kappa shape index (κ3) is 5.54. The summed E-state index contributed by atoms with van der Waals surface area (Å²) in [5.74, 6) is -3.65. The number of alkyl halides is 3. The molecule has 1 heterocycles. The molecule has 0 saturated carbocycles. The third-order valence-electron chi connectivity index (χ3n) is 4.97. The van der Waals surface area contributed by atoms with Gasteiger partial charge >= 0.3 is 18.0 Å². The molecule has 3 aromatic carbocycles. The van der Waals surface area contributed by atoms with Crippen molar-refractivity contribution in [1.82, 2.24) is 4.68 Å². The second kappa shape index (κ2) is 9.82. The number of nitrogens with one attached hydrogen (secondary N) is 3. The van der Waals surface area contributed by atoms with E-state index in [4.69, 9.17) is 0 Å². The topological polar surface area (TPSA) is 92.2 Å². The summed E-state index contributed by atoms with van der Waals surface area (Å²) in [6.45, 7) is 0. The van der Waals surface area contributed by atoms with E-state index in [0.29, 0.717) is 21.4 Å². The van der Waals surface area contributed by atoms with Crippen LogP contribution in [0, 0.1) is 5.82 Å². The van der Waals surface area contributed by atoms with Gasteiger partial charge in [0.1, 0.15) is 11.5 Å². The summed E-state index contributed by atoms with van der Waals surface area (Å²) >= 11 is 3.32. The highest BCUT2D eigenvalue weighted by Crippen LogP contribution is 2.30. The standard InChI is InChI=1S/C24H15BrF4N4O3/c25-15-4-9-19-13(10-15)11-20(21(34)30-17-7-5-16(26)6-8-17)33(19)32-23(36)22(35)31-18-3-1-2-14(12-18)24(27,28)29/h1-12H,(H,30,34)(H,31,35)(H,32,36). The van der Waals surface area contributed by atoms with E-state index in [1.807, 2.05) is 0 Å². The van der Waals surface area contributed by atoms with Crippen molar-refractivity contribution in [3.63, 3.8) is 0 Å². The monoisotopic (exact) mass is 562 g/mol. The minimum atomic E-state index is -4.63. The molecule has 3 N–H and O–H groups in total. The lowest BCUT2D eigenvalue weighted by atomic mass is 10.2. The van der Waals surface area contributed by atoms with Crippen LogP contribution in [0.15, 0.2) is 77.3 Å². The number of hydrogen-bond donors (Lipinski definition) is 3. The average Bonchev–Trinajstić information content (AvgIpc) is 3.17. The summed E-state index contributed by atoms with van der Waals surface area (Å²) in [5.41, 5.74) is 1.65. The molecule has 0 saturated heterocycles. The van der Waals surface area contributed by atoms with Crippen molar-refractivity contribution < 1.29 is 31.9 Å². The Morgan fingerprint density at radius 1 is 0.806 bits per heavy atom. The van der Waals surface area contributed by atoms with Crippen LogP contribution in [0.3, 0.4) is 0 Å². The van der Waals surface area contributed by atoms with Gasteiger partial charge in [0.05, 0.1) is 11.1 Å². The first-order valence-electron chi connectivity index (χ1n) is 10.2. The number of fused-ring (bicyclic) bond motifs is 1. The van der Waals surface area contributed by atoms with E-state index in [9.17, 15) is 31.9 Å². The fourth-order valence-corrected chi connectivity index (χ4v) is 3.69. The van der Waals surface area contributed by atoms with Gasteiger partial charge in [-0.25, -0.2) is 9.07 Å². The maximum absolute atomic E-state index is 13.2. The van der Waals surface area contributed by atoms with Gasteiger partial charge in [0.15, 0.2) is 0 Å². The molecule has 0 bridgehead atoms. The number of rotatable bonds is 4. The molecule has 0 fully saturated rings. The number of nitrogens with zero attached hydrogens (tertiary/aromatic N) is 1. The van der Waals surface area contributed by atoms with Crippen molar-refractivity contribution in [2.75, 3.05) is 16.1 Å². The summed E-state index contributed by atoms with van der Waals surface area (Å²) < 4.78 is 53.7. The van der Waals surface area contributed by atoms with Gasteiger partial charge in [0.25, 0.3) is 5.91 Å². The predicted molar refractivity (Wildman–Crippen MR) is 128 cm³/mol. The van der Waals surface area contributed by atoms with Crippen LogP contribution in [0.4, 0.5) is 28.9 Å². The number of carbonyl (C=O) groups excluding carboxylic acids is 3. The molecule has 36 heavy (non-hydrogen) atoms. The molecule has 12 heteroatoms. The molecule has 0 aliphatic rings. The molecular formula is C24H15BrF4N4O3. The largest absolute Gasteiger partial charge is 0.416 e. The van der Waals surface area contributed by atoms with Crippen LogP contribution in [0.5, 0.6) is 0 Å². The molecule has 0 aliphatic heterocycles. The van der Waals surface area contributed by atoms with E-state index >= 15 is 0 Å². The Morgan fingerprint density at radius 2 is 1.53 bits per heavy atom. The van der Waals surface area contributed by atoms with Crippen LogP contribution in [-0.4, -0.2) is 22.4 Å². The van der Waals surface area contributed by atoms with Crippen molar-refractivity contribution in [3.05, 3.63) is 94.3 Å². The van der Waals surface area contributed by atoms with E-state index < -0.39 is 35.3 Å². The lowest BCUT2D eigenvalue weighted by molar-refractivity contribution is -0.137. The molecular weight excluding hydrogens is 548 g/mol. The normalized spacial score (nSPS) is 11.2. The van der Waals surface area contributed by atoms with Crippen LogP contribution >= 0.6 is 15.9 Å². The number of carbonyl (C=O) groups is 3. The minimum absolute atomic E-state index is 0.0624. The highest BCUT2D eigenvalue weighted by atomic mass is 79.9. The van der Waals surface area contributed by atoms with Crippen LogP contribution in [0.1, 0.15) is 16.1 Å². The number of amides is 3. The molecule has 0 unspecified atom stereocenters. The average molecular weight is 563 g/mol. The fraction of sp³-hybridized carbons (Fsp3) is 0.0417. The Kier molecular flexibility index (Phi) is 6.80. The summed E-state index contributed by atoms with van der Waals surface area (Å²) in [7, 11) is 0. The molecule has 0 aliphatic carbocycles. The Hall–Kier alpha value is -4.19. The van der Waals surface area contributed by atoms with Gasteiger partial charge in [-0.1, -0.05) is 22.0 Å². The molecule has 0 atom stereocenters. The van der Waals surface area contributed by atoms with Gasteiger partial charge in [-0.05, 0) is 66.7 Å². The van der Waals surface area contributed by atoms with Crippen molar-refractivity contribution in [1.29, 1.82) is 0 Å². The molecule has 1 aromatic heterocycles. The third-order valence-corrected chi connectivity index (χ3v) is 5.46. The lowest BCUT2D eigenvalue weighted by Crippen LogP contribution is -2.36. The van der Waals surface area contributed by atoms with Crippen LogP contribution in [0.2, 0.25) is 0 Å². The number of benzene rings is 3. The second-order valence-electron chi connectivity index (χ2n) is 7.50. The summed E-state index contributed by atoms with van der Waals surface area (Å²) in [4.78, 5) is 38.0. The van der Waals surface area contributed by atoms with Gasteiger partial charge in [0.2, 0.25) is 0 Å². The van der Waals surface area contributed by atoms with Gasteiger partial charge in [-0.15, -0.1) is 0 Å². The number of aromatic nitrogens is 1. The number of halogens is 5. The van der Waals surface area contributed by atoms with Crippen LogP contribution < -0.4 is 16.1 Å². The van der Waals surface area contributed by atoms with E-state index in [1.54, 1.807) is 18.2 Å². The Balaban J connectivity index is 1.60. The van der Waals surface area contributed by atoms with E-state index in [-0.39, 0.29) is 17.1 Å². The summed E-state index contributed by atoms with van der Waals surface area (Å²) in [5, 5.41) is 5.21. The van der Waals surface area contributed by atoms with Crippen LogP contribution in [-0.2, 0) is 15.8 Å². The zero-order valence-electron chi connectivity index (χ0n) is 18.0. The van der Waals surface area contributed by atoms with Crippen molar-refractivity contribution in [2.45, 2.75) is 6.18 Å². The fourth-order valence-electron chi connectivity index (χ4n) is 3.32. The van der Waals surface area contributed by atoms with E-state index in [0.717, 1.165) is 28.9 Å². The highest BCUT2D eigenvalue weighted by molar-refractivity contribution is 9.10. The molecule has 4 aromatic rings. The Bertz CT molecular complexity index is 1480. The van der Waals surface area contributed by atoms with Crippen molar-refractivity contribution in [3.8, 4) is 0 Å². The maximum Gasteiger partial charge on any atom is 0.416 e. The summed E-state index contributed by atoms with van der Waals surface area (Å²) in [6.07, 6.45) is -4.63. The van der Waals surface area contributed by atoms with Gasteiger partial charge in [0, 0.05) is 21.2 Å². The van der Waals surface area contributed by atoms with E-state index in [2.05, 4.69) is 32.0 Å². The smallest absolute Gasteiger partial charge is 0.321 e. The number of hydrogen-bond acceptors (Lipinski definition) is 3. The molecule has 3 amide bonds. The number of anilines is 2. The second-order valence-corrected chi connectivity index (χ2v) is 8.42. The predicted octanol–water partition coefficient (Wildman–Crippen LogP) is 5.52. The summed E-state index contributed by atoms with van der Waals surface area (Å²) in [6, 6.07) is 15.2. The van der Waals surface area contributed by atoms with Gasteiger partial charge in [-0.3, -0.25) is 19.8 Å². The van der Waals surface area contributed by atoms with Crippen molar-refractivity contribution in [2.24, 2.45) is 0 Å². The molecule has 0 radical (unpaired) electrons. The first-order valence-corrected chi connectivity index (χ1v) is 11.0. The zero-order valence-corrected chi connectivity index (χ0v) is 19.6. The Morgan fingerprint density at radius 3 is 2.22 bits per heavy atom. The Labute approximate surface area is 209 Å². The minimum Gasteiger partial charge on any atom is -0.321 e. The first-order chi connectivity index (χ1) is 17.0. The first kappa shape index (κ1) is 24.9. The molecule has 4 rings (SSSR count). The molecule has 184 valence electrons. The van der Waals surface area contributed by atoms with Gasteiger partial charge in [-0.2, -0.15) is 13.2 Å². The quantitative estimate of drug-likeness (QED) is 0.226. The lowest BCUT2D eigenvalue weighted by Gasteiger charge is -2.13. The maximum atomic E-state index is 13.2. The highest BCUT2D eigenvalue weighted by Gasteiger charge is 2.30. The zero-order chi connectivity index (χ0) is 26.0. The SMILES string of the molecule is O=C(Nc1cccc(C(F)(F)F)c1)C(=O)Nn1c(C(=O)Nc2ccc(F)cc2)cc2cc(Br)ccc21.